The van der Waals surface area contributed by atoms with Gasteiger partial charge in [0.1, 0.15) is 16.8 Å². The highest BCUT2D eigenvalue weighted by Gasteiger charge is 2.28. The molecule has 3 aromatic carbocycles. The molecule has 3 rings (SSSR count). The van der Waals surface area contributed by atoms with E-state index in [0.29, 0.717) is 5.69 Å². The van der Waals surface area contributed by atoms with Crippen molar-refractivity contribution in [2.45, 2.75) is 22.3 Å². The molecule has 1 atom stereocenters. The topological polar surface area (TPSA) is 75.3 Å². The standard InChI is InChI=1S/C22H21FN2O3S2/c1-29-18-13-11-17(12-14-18)24-22(26)20(15-16-7-3-2-4-8-16)25-30(27,28)21-10-6-5-9-19(21)23/h2-14,20,25H,15H2,1H3,(H,24,26)/t20-/m0/s1. The van der Waals surface area contributed by atoms with Crippen molar-refractivity contribution in [3.8, 4) is 0 Å². The number of sulfonamides is 1. The molecule has 0 radical (unpaired) electrons. The SMILES string of the molecule is CSc1ccc(NC(=O)[C@H](Cc2ccccc2)NS(=O)(=O)c2ccccc2F)cc1. The maximum Gasteiger partial charge on any atom is 0.244 e. The minimum Gasteiger partial charge on any atom is -0.325 e. The van der Waals surface area contributed by atoms with Crippen LogP contribution in [0.5, 0.6) is 0 Å². The molecule has 0 aliphatic carbocycles. The molecule has 0 bridgehead atoms. The van der Waals surface area contributed by atoms with Gasteiger partial charge in [-0.15, -0.1) is 11.8 Å². The zero-order valence-corrected chi connectivity index (χ0v) is 17.8. The Morgan fingerprint density at radius 1 is 0.967 bits per heavy atom. The smallest absolute Gasteiger partial charge is 0.244 e. The second kappa shape index (κ2) is 9.88. The fourth-order valence-electron chi connectivity index (χ4n) is 2.85. The van der Waals surface area contributed by atoms with Crippen LogP contribution in [0.3, 0.4) is 0 Å². The first-order valence-electron chi connectivity index (χ1n) is 9.15. The van der Waals surface area contributed by atoms with Gasteiger partial charge in [-0.3, -0.25) is 4.79 Å². The number of amides is 1. The van der Waals surface area contributed by atoms with E-state index in [1.807, 2.05) is 24.5 Å². The number of nitrogens with one attached hydrogen (secondary N) is 2. The number of halogens is 1. The average molecular weight is 445 g/mol. The van der Waals surface area contributed by atoms with Gasteiger partial charge in [-0.1, -0.05) is 42.5 Å². The molecule has 0 aliphatic rings. The lowest BCUT2D eigenvalue weighted by atomic mass is 10.1. The van der Waals surface area contributed by atoms with Crippen LogP contribution in [-0.2, 0) is 21.2 Å². The molecule has 0 heterocycles. The Morgan fingerprint density at radius 3 is 2.23 bits per heavy atom. The fraction of sp³-hybridized carbons (Fsp3) is 0.136. The van der Waals surface area contributed by atoms with Crippen molar-refractivity contribution < 1.29 is 17.6 Å². The van der Waals surface area contributed by atoms with Crippen LogP contribution in [-0.4, -0.2) is 26.6 Å². The second-order valence-corrected chi connectivity index (χ2v) is 9.07. The zero-order chi connectivity index (χ0) is 21.6. The minimum absolute atomic E-state index is 0.114. The van der Waals surface area contributed by atoms with Crippen LogP contribution in [0.2, 0.25) is 0 Å². The maximum absolute atomic E-state index is 14.1. The number of carbonyl (C=O) groups excluding carboxylic acids is 1. The van der Waals surface area contributed by atoms with Gasteiger partial charge in [0.05, 0.1) is 0 Å². The van der Waals surface area contributed by atoms with Gasteiger partial charge in [0.2, 0.25) is 15.9 Å². The van der Waals surface area contributed by atoms with E-state index in [9.17, 15) is 17.6 Å². The monoisotopic (exact) mass is 444 g/mol. The molecule has 0 unspecified atom stereocenters. The van der Waals surface area contributed by atoms with E-state index in [2.05, 4.69) is 10.0 Å². The largest absolute Gasteiger partial charge is 0.325 e. The Morgan fingerprint density at radius 2 is 1.60 bits per heavy atom. The predicted octanol–water partition coefficient (Wildman–Crippen LogP) is 4.08. The molecular formula is C22H21FN2O3S2. The molecule has 1 amide bonds. The summed E-state index contributed by atoms with van der Waals surface area (Å²) in [6.07, 6.45) is 2.06. The molecule has 5 nitrogen and oxygen atoms in total. The third-order valence-corrected chi connectivity index (χ3v) is 6.63. The van der Waals surface area contributed by atoms with Crippen molar-refractivity contribution in [1.29, 1.82) is 0 Å². The highest BCUT2D eigenvalue weighted by molar-refractivity contribution is 7.98. The van der Waals surface area contributed by atoms with Crippen molar-refractivity contribution in [2.75, 3.05) is 11.6 Å². The van der Waals surface area contributed by atoms with Crippen molar-refractivity contribution in [3.63, 3.8) is 0 Å². The molecule has 8 heteroatoms. The van der Waals surface area contributed by atoms with E-state index >= 15 is 0 Å². The fourth-order valence-corrected chi connectivity index (χ4v) is 4.54. The van der Waals surface area contributed by atoms with Crippen LogP contribution in [0.15, 0.2) is 88.7 Å². The number of rotatable bonds is 8. The lowest BCUT2D eigenvalue weighted by Gasteiger charge is -2.19. The Hall–Kier alpha value is -2.68. The van der Waals surface area contributed by atoms with Gasteiger partial charge < -0.3 is 5.32 Å². The van der Waals surface area contributed by atoms with Crippen LogP contribution in [0.25, 0.3) is 0 Å². The highest BCUT2D eigenvalue weighted by atomic mass is 32.2. The lowest BCUT2D eigenvalue weighted by Crippen LogP contribution is -2.45. The Balaban J connectivity index is 1.85. The van der Waals surface area contributed by atoms with Crippen LogP contribution in [0.1, 0.15) is 5.56 Å². The summed E-state index contributed by atoms with van der Waals surface area (Å²) < 4.78 is 41.9. The molecule has 0 aliphatic heterocycles. The molecule has 2 N–H and O–H groups in total. The van der Waals surface area contributed by atoms with Crippen molar-refractivity contribution in [2.24, 2.45) is 0 Å². The number of anilines is 1. The van der Waals surface area contributed by atoms with Crippen LogP contribution in [0, 0.1) is 5.82 Å². The number of benzene rings is 3. The number of hydrogen-bond donors (Lipinski definition) is 2. The van der Waals surface area contributed by atoms with Crippen LogP contribution < -0.4 is 10.0 Å². The van der Waals surface area contributed by atoms with Crippen LogP contribution in [0.4, 0.5) is 10.1 Å². The van der Waals surface area contributed by atoms with E-state index < -0.39 is 32.7 Å². The van der Waals surface area contributed by atoms with Gasteiger partial charge in [-0.05, 0) is 54.6 Å². The highest BCUT2D eigenvalue weighted by Crippen LogP contribution is 2.19. The Labute approximate surface area is 179 Å². The first-order valence-corrected chi connectivity index (χ1v) is 11.9. The van der Waals surface area contributed by atoms with E-state index in [1.165, 1.54) is 12.1 Å². The summed E-state index contributed by atoms with van der Waals surface area (Å²) in [5.74, 6) is -1.41. The number of thioether (sulfide) groups is 1. The van der Waals surface area contributed by atoms with Gasteiger partial charge in [0, 0.05) is 10.6 Å². The molecule has 3 aromatic rings. The van der Waals surface area contributed by atoms with Gasteiger partial charge >= 0.3 is 0 Å². The number of hydrogen-bond acceptors (Lipinski definition) is 4. The van der Waals surface area contributed by atoms with E-state index in [-0.39, 0.29) is 6.42 Å². The predicted molar refractivity (Wildman–Crippen MR) is 118 cm³/mol. The molecule has 0 fully saturated rings. The lowest BCUT2D eigenvalue weighted by molar-refractivity contribution is -0.117. The molecule has 0 aromatic heterocycles. The van der Waals surface area contributed by atoms with Gasteiger partial charge in [-0.2, -0.15) is 4.72 Å². The number of carbonyl (C=O) groups is 1. The third kappa shape index (κ3) is 5.69. The van der Waals surface area contributed by atoms with E-state index in [4.69, 9.17) is 0 Å². The molecule has 0 saturated carbocycles. The minimum atomic E-state index is -4.25. The van der Waals surface area contributed by atoms with E-state index in [1.54, 1.807) is 48.2 Å². The van der Waals surface area contributed by atoms with Gasteiger partial charge in [0.25, 0.3) is 0 Å². The Kier molecular flexibility index (Phi) is 7.25. The summed E-state index contributed by atoms with van der Waals surface area (Å²) in [4.78, 5) is 13.5. The summed E-state index contributed by atoms with van der Waals surface area (Å²) in [6.45, 7) is 0. The van der Waals surface area contributed by atoms with Crippen molar-refractivity contribution in [1.82, 2.24) is 4.72 Å². The normalized spacial score (nSPS) is 12.3. The molecule has 0 saturated heterocycles. The van der Waals surface area contributed by atoms with Crippen molar-refractivity contribution in [3.05, 3.63) is 90.2 Å². The van der Waals surface area contributed by atoms with Crippen molar-refractivity contribution >= 4 is 33.4 Å². The second-order valence-electron chi connectivity index (χ2n) is 6.51. The summed E-state index contributed by atoms with van der Waals surface area (Å²) in [6, 6.07) is 20.2. The summed E-state index contributed by atoms with van der Waals surface area (Å²) >= 11 is 1.57. The first-order chi connectivity index (χ1) is 14.4. The quantitative estimate of drug-likeness (QED) is 0.514. The molecule has 156 valence electrons. The first kappa shape index (κ1) is 22.0. The van der Waals surface area contributed by atoms with Gasteiger partial charge in [0.15, 0.2) is 0 Å². The Bertz CT molecular complexity index is 1100. The van der Waals surface area contributed by atoms with Gasteiger partial charge in [-0.25, -0.2) is 12.8 Å². The zero-order valence-electron chi connectivity index (χ0n) is 16.2. The summed E-state index contributed by atoms with van der Waals surface area (Å²) in [5.41, 5.74) is 1.31. The average Bonchev–Trinajstić information content (AvgIpc) is 2.74. The summed E-state index contributed by atoms with van der Waals surface area (Å²) in [7, 11) is -4.25. The third-order valence-electron chi connectivity index (χ3n) is 4.38. The van der Waals surface area contributed by atoms with E-state index in [0.717, 1.165) is 22.6 Å². The maximum atomic E-state index is 14.1. The van der Waals surface area contributed by atoms with Crippen LogP contribution >= 0.6 is 11.8 Å². The summed E-state index contributed by atoms with van der Waals surface area (Å²) in [5, 5.41) is 2.73. The molecule has 0 spiro atoms. The molecule has 30 heavy (non-hydrogen) atoms. The molecular weight excluding hydrogens is 423 g/mol.